The first-order valence-corrected chi connectivity index (χ1v) is 7.12. The predicted octanol–water partition coefficient (Wildman–Crippen LogP) is 2.97. The second-order valence-corrected chi connectivity index (χ2v) is 5.61. The molecule has 2 unspecified atom stereocenters. The highest BCUT2D eigenvalue weighted by Gasteiger charge is 2.46. The van der Waals surface area contributed by atoms with Gasteiger partial charge in [-0.3, -0.25) is 0 Å². The lowest BCUT2D eigenvalue weighted by atomic mass is 9.65. The van der Waals surface area contributed by atoms with Crippen LogP contribution >= 0.6 is 0 Å². The Kier molecular flexibility index (Phi) is 4.26. The van der Waals surface area contributed by atoms with Crippen LogP contribution in [0.15, 0.2) is 0 Å². The molecule has 0 aromatic heterocycles. The average molecular weight is 225 g/mol. The van der Waals surface area contributed by atoms with Gasteiger partial charge in [-0.2, -0.15) is 0 Å². The Hall–Kier alpha value is -0.0800. The van der Waals surface area contributed by atoms with Crippen molar-refractivity contribution in [3.05, 3.63) is 0 Å². The van der Waals surface area contributed by atoms with E-state index in [0.717, 1.165) is 25.6 Å². The first-order valence-electron chi connectivity index (χ1n) is 7.12. The molecule has 1 saturated carbocycles. The van der Waals surface area contributed by atoms with Crippen LogP contribution in [-0.2, 0) is 4.74 Å². The first-order chi connectivity index (χ1) is 7.79. The quantitative estimate of drug-likeness (QED) is 0.794. The van der Waals surface area contributed by atoms with Gasteiger partial charge in [0.25, 0.3) is 0 Å². The van der Waals surface area contributed by atoms with Crippen LogP contribution in [0.4, 0.5) is 0 Å². The van der Waals surface area contributed by atoms with Crippen molar-refractivity contribution in [2.24, 2.45) is 11.3 Å². The van der Waals surface area contributed by atoms with Crippen molar-refractivity contribution < 1.29 is 4.74 Å². The zero-order valence-corrected chi connectivity index (χ0v) is 10.9. The van der Waals surface area contributed by atoms with Gasteiger partial charge in [0.1, 0.15) is 0 Å². The fraction of sp³-hybridized carbons (Fsp3) is 1.00. The summed E-state index contributed by atoms with van der Waals surface area (Å²) in [5, 5.41) is 3.58. The summed E-state index contributed by atoms with van der Waals surface area (Å²) < 4.78 is 5.88. The van der Waals surface area contributed by atoms with Crippen LogP contribution in [0.25, 0.3) is 0 Å². The summed E-state index contributed by atoms with van der Waals surface area (Å²) in [4.78, 5) is 0. The zero-order chi connectivity index (χ0) is 11.4. The molecule has 2 nitrogen and oxygen atoms in total. The van der Waals surface area contributed by atoms with E-state index in [1.807, 2.05) is 0 Å². The van der Waals surface area contributed by atoms with Crippen molar-refractivity contribution in [1.29, 1.82) is 0 Å². The number of hydrogen-bond donors (Lipinski definition) is 1. The Morgan fingerprint density at radius 3 is 2.56 bits per heavy atom. The number of hydrogen-bond acceptors (Lipinski definition) is 2. The van der Waals surface area contributed by atoms with Crippen molar-refractivity contribution in [3.63, 3.8) is 0 Å². The van der Waals surface area contributed by atoms with Gasteiger partial charge in [-0.05, 0) is 38.6 Å². The summed E-state index contributed by atoms with van der Waals surface area (Å²) in [7, 11) is 0. The van der Waals surface area contributed by atoms with Gasteiger partial charge in [0.05, 0.1) is 6.10 Å². The minimum atomic E-state index is 0.441. The van der Waals surface area contributed by atoms with Gasteiger partial charge >= 0.3 is 0 Å². The summed E-state index contributed by atoms with van der Waals surface area (Å²) in [5.74, 6) is 0.901. The lowest BCUT2D eigenvalue weighted by Crippen LogP contribution is -2.46. The summed E-state index contributed by atoms with van der Waals surface area (Å²) in [6, 6.07) is 0. The maximum atomic E-state index is 5.88. The SMILES string of the molecule is CCNCC1(C2CCCCC2)CCOC1C. The Balaban J connectivity index is 2.06. The van der Waals surface area contributed by atoms with Gasteiger partial charge < -0.3 is 10.1 Å². The van der Waals surface area contributed by atoms with Crippen LogP contribution < -0.4 is 5.32 Å². The molecule has 0 bridgehead atoms. The Bertz CT molecular complexity index is 213. The summed E-state index contributed by atoms with van der Waals surface area (Å²) in [6.07, 6.45) is 8.90. The molecule has 94 valence electrons. The molecule has 2 heteroatoms. The molecule has 0 amide bonds. The second-order valence-electron chi connectivity index (χ2n) is 5.61. The number of rotatable bonds is 4. The van der Waals surface area contributed by atoms with Crippen molar-refractivity contribution >= 4 is 0 Å². The van der Waals surface area contributed by atoms with Gasteiger partial charge in [-0.1, -0.05) is 26.2 Å². The molecule has 16 heavy (non-hydrogen) atoms. The molecule has 0 spiro atoms. The van der Waals surface area contributed by atoms with Crippen LogP contribution in [0, 0.1) is 11.3 Å². The number of ether oxygens (including phenoxy) is 1. The van der Waals surface area contributed by atoms with Crippen molar-refractivity contribution in [1.82, 2.24) is 5.32 Å². The molecule has 1 N–H and O–H groups in total. The van der Waals surface area contributed by atoms with Gasteiger partial charge in [0, 0.05) is 18.6 Å². The fourth-order valence-electron chi connectivity index (χ4n) is 3.74. The maximum Gasteiger partial charge on any atom is 0.0618 e. The topological polar surface area (TPSA) is 21.3 Å². The summed E-state index contributed by atoms with van der Waals surface area (Å²) >= 11 is 0. The third-order valence-electron chi connectivity index (χ3n) is 4.87. The van der Waals surface area contributed by atoms with E-state index in [1.54, 1.807) is 0 Å². The normalized spacial score (nSPS) is 36.8. The second kappa shape index (κ2) is 5.50. The highest BCUT2D eigenvalue weighted by atomic mass is 16.5. The zero-order valence-electron chi connectivity index (χ0n) is 10.9. The highest BCUT2D eigenvalue weighted by molar-refractivity contribution is 4.97. The smallest absolute Gasteiger partial charge is 0.0618 e. The molecule has 0 aromatic rings. The first kappa shape index (κ1) is 12.4. The van der Waals surface area contributed by atoms with Gasteiger partial charge in [-0.15, -0.1) is 0 Å². The van der Waals surface area contributed by atoms with E-state index in [4.69, 9.17) is 4.74 Å². The standard InChI is InChI=1S/C14H27NO/c1-3-15-11-14(9-10-16-12(14)2)13-7-5-4-6-8-13/h12-13,15H,3-11H2,1-2H3. The lowest BCUT2D eigenvalue weighted by Gasteiger charge is -2.42. The molecule has 1 heterocycles. The highest BCUT2D eigenvalue weighted by Crippen LogP contribution is 2.47. The van der Waals surface area contributed by atoms with E-state index in [1.165, 1.54) is 38.5 Å². The van der Waals surface area contributed by atoms with Crippen LogP contribution in [-0.4, -0.2) is 25.8 Å². The van der Waals surface area contributed by atoms with Crippen LogP contribution in [0.1, 0.15) is 52.4 Å². The molecule has 2 atom stereocenters. The van der Waals surface area contributed by atoms with E-state index in [9.17, 15) is 0 Å². The Labute approximate surface area is 100 Å². The Morgan fingerprint density at radius 2 is 2.00 bits per heavy atom. The molecular formula is C14H27NO. The average Bonchev–Trinajstić information content (AvgIpc) is 2.70. The molecule has 1 aliphatic heterocycles. The molecule has 1 aliphatic carbocycles. The summed E-state index contributed by atoms with van der Waals surface area (Å²) in [6.45, 7) is 7.72. The monoisotopic (exact) mass is 225 g/mol. The molecule has 2 aliphatic rings. The fourth-order valence-corrected chi connectivity index (χ4v) is 3.74. The van der Waals surface area contributed by atoms with Gasteiger partial charge in [-0.25, -0.2) is 0 Å². The van der Waals surface area contributed by atoms with E-state index < -0.39 is 0 Å². The van der Waals surface area contributed by atoms with Gasteiger partial charge in [0.15, 0.2) is 0 Å². The van der Waals surface area contributed by atoms with Crippen LogP contribution in [0.3, 0.4) is 0 Å². The molecule has 1 saturated heterocycles. The van der Waals surface area contributed by atoms with E-state index in [0.29, 0.717) is 11.5 Å². The molecule has 2 fully saturated rings. The minimum Gasteiger partial charge on any atom is -0.378 e. The Morgan fingerprint density at radius 1 is 1.25 bits per heavy atom. The molecule has 0 aromatic carbocycles. The van der Waals surface area contributed by atoms with E-state index in [2.05, 4.69) is 19.2 Å². The number of nitrogens with one attached hydrogen (secondary N) is 1. The third kappa shape index (κ3) is 2.28. The van der Waals surface area contributed by atoms with Gasteiger partial charge in [0.2, 0.25) is 0 Å². The van der Waals surface area contributed by atoms with Crippen molar-refractivity contribution in [2.45, 2.75) is 58.5 Å². The molecule has 2 rings (SSSR count). The van der Waals surface area contributed by atoms with E-state index >= 15 is 0 Å². The van der Waals surface area contributed by atoms with Crippen molar-refractivity contribution in [2.75, 3.05) is 19.7 Å². The van der Waals surface area contributed by atoms with Crippen LogP contribution in [0.2, 0.25) is 0 Å². The maximum absolute atomic E-state index is 5.88. The third-order valence-corrected chi connectivity index (χ3v) is 4.87. The molecule has 0 radical (unpaired) electrons. The van der Waals surface area contributed by atoms with Crippen LogP contribution in [0.5, 0.6) is 0 Å². The lowest BCUT2D eigenvalue weighted by molar-refractivity contribution is 0.0152. The van der Waals surface area contributed by atoms with E-state index in [-0.39, 0.29) is 0 Å². The summed E-state index contributed by atoms with van der Waals surface area (Å²) in [5.41, 5.74) is 0.441. The predicted molar refractivity (Wildman–Crippen MR) is 67.6 cm³/mol. The minimum absolute atomic E-state index is 0.441. The molecular weight excluding hydrogens is 198 g/mol. The largest absolute Gasteiger partial charge is 0.378 e. The van der Waals surface area contributed by atoms with Crippen molar-refractivity contribution in [3.8, 4) is 0 Å².